The topological polar surface area (TPSA) is 26.3 Å². The fourth-order valence-corrected chi connectivity index (χ4v) is 2.49. The van der Waals surface area contributed by atoms with E-state index in [2.05, 4.69) is 26.5 Å². The van der Waals surface area contributed by atoms with Crippen LogP contribution in [-0.2, 0) is 16.1 Å². The second kappa shape index (κ2) is 7.20. The normalized spacial score (nSPS) is 14.2. The van der Waals surface area contributed by atoms with E-state index < -0.39 is 5.41 Å². The Bertz CT molecular complexity index is 434. The van der Waals surface area contributed by atoms with Crippen LogP contribution in [0.2, 0.25) is 5.02 Å². The summed E-state index contributed by atoms with van der Waals surface area (Å²) in [6, 6.07) is 7.37. The number of rotatable bonds is 6. The van der Waals surface area contributed by atoms with Crippen LogP contribution in [0.3, 0.4) is 0 Å². The summed E-state index contributed by atoms with van der Waals surface area (Å²) in [6.07, 6.45) is 0.762. The van der Waals surface area contributed by atoms with E-state index in [1.54, 1.807) is 6.07 Å². The molecule has 0 aromatic heterocycles. The van der Waals surface area contributed by atoms with Gasteiger partial charge in [-0.3, -0.25) is 4.79 Å². The lowest BCUT2D eigenvalue weighted by Gasteiger charge is -2.27. The molecule has 0 aliphatic carbocycles. The first-order valence-electron chi connectivity index (χ1n) is 6.40. The van der Waals surface area contributed by atoms with Gasteiger partial charge in [-0.1, -0.05) is 43.6 Å². The summed E-state index contributed by atoms with van der Waals surface area (Å²) in [5.41, 5.74) is 0.280. The lowest BCUT2D eigenvalue weighted by molar-refractivity contribution is -0.155. The lowest BCUT2D eigenvalue weighted by atomic mass is 9.84. The monoisotopic (exact) mass is 300 g/mol. The number of halogens is 1. The average Bonchev–Trinajstić information content (AvgIpc) is 2.36. The molecule has 0 amide bonds. The van der Waals surface area contributed by atoms with Crippen LogP contribution in [0.15, 0.2) is 24.3 Å². The first-order valence-corrected chi connectivity index (χ1v) is 7.41. The first-order chi connectivity index (χ1) is 8.89. The van der Waals surface area contributed by atoms with Crippen molar-refractivity contribution in [1.82, 2.24) is 0 Å². The zero-order valence-corrected chi connectivity index (χ0v) is 13.3. The number of benzene rings is 1. The zero-order valence-electron chi connectivity index (χ0n) is 11.6. The van der Waals surface area contributed by atoms with Gasteiger partial charge in [-0.25, -0.2) is 0 Å². The van der Waals surface area contributed by atoms with Crippen molar-refractivity contribution in [3.8, 4) is 0 Å². The van der Waals surface area contributed by atoms with Gasteiger partial charge in [0.05, 0.1) is 5.41 Å². The van der Waals surface area contributed by atoms with Crippen LogP contribution < -0.4 is 0 Å². The van der Waals surface area contributed by atoms with E-state index in [4.69, 9.17) is 16.3 Å². The predicted octanol–water partition coefficient (Wildman–Crippen LogP) is 4.37. The molecule has 0 spiro atoms. The van der Waals surface area contributed by atoms with Crippen LogP contribution in [0.5, 0.6) is 0 Å². The molecule has 0 saturated carbocycles. The van der Waals surface area contributed by atoms with Gasteiger partial charge in [-0.2, -0.15) is 12.6 Å². The smallest absolute Gasteiger partial charge is 0.312 e. The SMILES string of the molecule is CC(C)C[C@@](C)(CS)C(=O)OCc1ccccc1Cl. The van der Waals surface area contributed by atoms with Crippen molar-refractivity contribution in [3.63, 3.8) is 0 Å². The molecule has 0 aliphatic heterocycles. The van der Waals surface area contributed by atoms with Crippen molar-refractivity contribution >= 4 is 30.2 Å². The molecule has 0 unspecified atom stereocenters. The number of hydrogen-bond acceptors (Lipinski definition) is 3. The number of thiol groups is 1. The molecule has 1 rings (SSSR count). The quantitative estimate of drug-likeness (QED) is 0.624. The molecule has 0 radical (unpaired) electrons. The Balaban J connectivity index is 2.66. The molecule has 106 valence electrons. The molecule has 0 heterocycles. The molecule has 0 N–H and O–H groups in total. The molecule has 0 aliphatic rings. The maximum atomic E-state index is 12.2. The van der Waals surface area contributed by atoms with Gasteiger partial charge < -0.3 is 4.74 Å². The molecular formula is C15H21ClO2S. The predicted molar refractivity (Wildman–Crippen MR) is 82.7 cm³/mol. The van der Waals surface area contributed by atoms with Gasteiger partial charge in [-0.05, 0) is 25.3 Å². The van der Waals surface area contributed by atoms with E-state index in [0.29, 0.717) is 16.7 Å². The summed E-state index contributed by atoms with van der Waals surface area (Å²) in [5.74, 6) is 0.688. The van der Waals surface area contributed by atoms with Gasteiger partial charge in [-0.15, -0.1) is 0 Å². The van der Waals surface area contributed by atoms with Gasteiger partial charge in [0.2, 0.25) is 0 Å². The molecule has 1 atom stereocenters. The van der Waals surface area contributed by atoms with E-state index in [0.717, 1.165) is 12.0 Å². The summed E-state index contributed by atoms with van der Waals surface area (Å²) in [5, 5.41) is 0.617. The summed E-state index contributed by atoms with van der Waals surface area (Å²) in [6.45, 7) is 6.28. The van der Waals surface area contributed by atoms with E-state index >= 15 is 0 Å². The van der Waals surface area contributed by atoms with Gasteiger partial charge in [0.1, 0.15) is 6.61 Å². The van der Waals surface area contributed by atoms with Gasteiger partial charge in [0.25, 0.3) is 0 Å². The zero-order chi connectivity index (χ0) is 14.5. The third-order valence-electron chi connectivity index (χ3n) is 3.02. The molecule has 2 nitrogen and oxygen atoms in total. The molecule has 1 aromatic rings. The number of hydrogen-bond donors (Lipinski definition) is 1. The highest BCUT2D eigenvalue weighted by molar-refractivity contribution is 7.80. The summed E-state index contributed by atoms with van der Waals surface area (Å²) in [7, 11) is 0. The van der Waals surface area contributed by atoms with Crippen molar-refractivity contribution < 1.29 is 9.53 Å². The van der Waals surface area contributed by atoms with Crippen molar-refractivity contribution in [3.05, 3.63) is 34.9 Å². The number of esters is 1. The standard InChI is InChI=1S/C15H21ClO2S/c1-11(2)8-15(3,10-19)14(17)18-9-12-6-4-5-7-13(12)16/h4-7,11,19H,8-10H2,1-3H3/t15-/m0/s1. The number of carbonyl (C=O) groups is 1. The highest BCUT2D eigenvalue weighted by atomic mass is 35.5. The maximum absolute atomic E-state index is 12.2. The summed E-state index contributed by atoms with van der Waals surface area (Å²) >= 11 is 10.3. The Morgan fingerprint density at radius 3 is 2.58 bits per heavy atom. The second-order valence-corrected chi connectivity index (χ2v) is 6.21. The number of ether oxygens (including phenoxy) is 1. The lowest BCUT2D eigenvalue weighted by Crippen LogP contribution is -2.33. The Morgan fingerprint density at radius 2 is 2.05 bits per heavy atom. The van der Waals surface area contributed by atoms with E-state index in [9.17, 15) is 4.79 Å². The highest BCUT2D eigenvalue weighted by Gasteiger charge is 2.34. The summed E-state index contributed by atoms with van der Waals surface area (Å²) in [4.78, 5) is 12.2. The Hall–Kier alpha value is -0.670. The maximum Gasteiger partial charge on any atom is 0.312 e. The molecule has 0 fully saturated rings. The summed E-state index contributed by atoms with van der Waals surface area (Å²) < 4.78 is 5.39. The van der Waals surface area contributed by atoms with Gasteiger partial charge in [0.15, 0.2) is 0 Å². The van der Waals surface area contributed by atoms with Crippen LogP contribution in [0.25, 0.3) is 0 Å². The Kier molecular flexibility index (Phi) is 6.21. The van der Waals surface area contributed by atoms with Gasteiger partial charge in [0, 0.05) is 16.3 Å². The third-order valence-corrected chi connectivity index (χ3v) is 4.08. The van der Waals surface area contributed by atoms with E-state index in [1.165, 1.54) is 0 Å². The van der Waals surface area contributed by atoms with Crippen molar-refractivity contribution in [1.29, 1.82) is 0 Å². The van der Waals surface area contributed by atoms with E-state index in [1.807, 2.05) is 25.1 Å². The van der Waals surface area contributed by atoms with E-state index in [-0.39, 0.29) is 12.6 Å². The van der Waals surface area contributed by atoms with Crippen molar-refractivity contribution in [2.75, 3.05) is 5.75 Å². The van der Waals surface area contributed by atoms with Crippen LogP contribution in [0.4, 0.5) is 0 Å². The Morgan fingerprint density at radius 1 is 1.42 bits per heavy atom. The molecular weight excluding hydrogens is 280 g/mol. The molecule has 19 heavy (non-hydrogen) atoms. The van der Waals surface area contributed by atoms with Crippen LogP contribution >= 0.6 is 24.2 Å². The van der Waals surface area contributed by atoms with Crippen LogP contribution in [0, 0.1) is 11.3 Å². The minimum Gasteiger partial charge on any atom is -0.460 e. The fourth-order valence-electron chi connectivity index (χ4n) is 2.05. The fraction of sp³-hybridized carbons (Fsp3) is 0.533. The molecule has 0 bridgehead atoms. The van der Waals surface area contributed by atoms with Gasteiger partial charge >= 0.3 is 5.97 Å². The third kappa shape index (κ3) is 4.73. The average molecular weight is 301 g/mol. The Labute approximate surface area is 125 Å². The van der Waals surface area contributed by atoms with Crippen molar-refractivity contribution in [2.45, 2.75) is 33.8 Å². The van der Waals surface area contributed by atoms with Crippen LogP contribution in [-0.4, -0.2) is 11.7 Å². The molecule has 4 heteroatoms. The molecule has 1 aromatic carbocycles. The van der Waals surface area contributed by atoms with Crippen LogP contribution in [0.1, 0.15) is 32.8 Å². The highest BCUT2D eigenvalue weighted by Crippen LogP contribution is 2.29. The second-order valence-electron chi connectivity index (χ2n) is 5.48. The minimum absolute atomic E-state index is 0.208. The first kappa shape index (κ1) is 16.4. The molecule has 0 saturated heterocycles. The number of carbonyl (C=O) groups excluding carboxylic acids is 1. The largest absolute Gasteiger partial charge is 0.460 e. The van der Waals surface area contributed by atoms with Crippen molar-refractivity contribution in [2.24, 2.45) is 11.3 Å². The minimum atomic E-state index is -0.543.